The molecule has 1 unspecified atom stereocenters. The van der Waals surface area contributed by atoms with Crippen LogP contribution in [0.25, 0.3) is 5.57 Å². The number of pyridine rings is 1. The Kier molecular flexibility index (Phi) is 2.64. The number of hydrogen-bond donors (Lipinski definition) is 2. The Balaban J connectivity index is 2.44. The van der Waals surface area contributed by atoms with Gasteiger partial charge in [0.05, 0.1) is 11.6 Å². The second-order valence-corrected chi connectivity index (χ2v) is 4.14. The molecule has 1 atom stereocenters. The van der Waals surface area contributed by atoms with Gasteiger partial charge in [0, 0.05) is 24.1 Å². The van der Waals surface area contributed by atoms with E-state index in [1.54, 1.807) is 0 Å². The summed E-state index contributed by atoms with van der Waals surface area (Å²) in [5.41, 5.74) is 7.43. The molecule has 0 bridgehead atoms. The van der Waals surface area contributed by atoms with Crippen LogP contribution >= 0.6 is 0 Å². The molecular weight excluding hydrogens is 202 g/mol. The molecule has 84 valence electrons. The van der Waals surface area contributed by atoms with Crippen molar-refractivity contribution in [1.82, 2.24) is 0 Å². The van der Waals surface area contributed by atoms with Crippen LogP contribution in [0.4, 0.5) is 0 Å². The van der Waals surface area contributed by atoms with Crippen LogP contribution in [0.15, 0.2) is 35.3 Å². The fourth-order valence-electron chi connectivity index (χ4n) is 1.86. The maximum atomic E-state index is 9.94. The predicted molar refractivity (Wildman–Crippen MR) is 62.9 cm³/mol. The van der Waals surface area contributed by atoms with Crippen molar-refractivity contribution in [3.8, 4) is 0 Å². The molecule has 0 radical (unpaired) electrons. The minimum atomic E-state index is 0.0589. The first kappa shape index (κ1) is 10.7. The van der Waals surface area contributed by atoms with Crippen molar-refractivity contribution in [1.29, 1.82) is 0 Å². The molecule has 4 nitrogen and oxygen atoms in total. The maximum Gasteiger partial charge on any atom is 0.169 e. The highest BCUT2D eigenvalue weighted by atomic mass is 16.3. The quantitative estimate of drug-likeness (QED) is 0.689. The van der Waals surface area contributed by atoms with Crippen LogP contribution in [0.5, 0.6) is 0 Å². The van der Waals surface area contributed by atoms with Crippen LogP contribution in [0, 0.1) is 0 Å². The Labute approximate surface area is 94.7 Å². The molecule has 1 aromatic heterocycles. The number of nitrogens with two attached hydrogens (primary N) is 1. The number of aliphatic hydroxyl groups is 1. The molecule has 0 aromatic carbocycles. The Bertz CT molecular complexity index is 460. The third kappa shape index (κ3) is 1.91. The maximum absolute atomic E-state index is 9.94. The van der Waals surface area contributed by atoms with Gasteiger partial charge >= 0.3 is 0 Å². The van der Waals surface area contributed by atoms with E-state index in [4.69, 9.17) is 5.73 Å². The molecule has 1 aromatic rings. The summed E-state index contributed by atoms with van der Waals surface area (Å²) in [6, 6.07) is 3.90. The molecule has 1 aliphatic heterocycles. The first-order chi connectivity index (χ1) is 7.58. The fourth-order valence-corrected chi connectivity index (χ4v) is 1.86. The number of nitrogens with zero attached hydrogens (tertiary/aromatic N) is 2. The van der Waals surface area contributed by atoms with Crippen LogP contribution in [0.1, 0.15) is 18.9 Å². The monoisotopic (exact) mass is 218 g/mol. The van der Waals surface area contributed by atoms with Gasteiger partial charge in [-0.15, -0.1) is 0 Å². The normalized spacial score (nSPS) is 20.9. The average molecular weight is 218 g/mol. The first-order valence-electron chi connectivity index (χ1n) is 5.29. The number of aryl methyl sites for hydroxylation is 1. The van der Waals surface area contributed by atoms with Crippen molar-refractivity contribution < 1.29 is 9.67 Å². The molecular formula is C12H16N3O+. The first-order valence-corrected chi connectivity index (χ1v) is 5.29. The van der Waals surface area contributed by atoms with E-state index < -0.39 is 0 Å². The van der Waals surface area contributed by atoms with Gasteiger partial charge in [0.1, 0.15) is 18.6 Å². The summed E-state index contributed by atoms with van der Waals surface area (Å²) < 4.78 is 1.93. The SMILES string of the molecule is CC1CC(O)=C(c2cc[n+](C)cc2)C(N)=N1. The van der Waals surface area contributed by atoms with Crippen molar-refractivity contribution >= 4 is 11.4 Å². The van der Waals surface area contributed by atoms with Crippen molar-refractivity contribution in [3.63, 3.8) is 0 Å². The van der Waals surface area contributed by atoms with Crippen LogP contribution in [0.3, 0.4) is 0 Å². The lowest BCUT2D eigenvalue weighted by molar-refractivity contribution is -0.671. The van der Waals surface area contributed by atoms with Gasteiger partial charge in [-0.3, -0.25) is 4.99 Å². The molecule has 0 saturated heterocycles. The smallest absolute Gasteiger partial charge is 0.169 e. The van der Waals surface area contributed by atoms with Gasteiger partial charge in [-0.1, -0.05) is 0 Å². The minimum absolute atomic E-state index is 0.0589. The Morgan fingerprint density at radius 3 is 2.62 bits per heavy atom. The van der Waals surface area contributed by atoms with E-state index in [2.05, 4.69) is 4.99 Å². The highest BCUT2D eigenvalue weighted by molar-refractivity contribution is 6.22. The van der Waals surface area contributed by atoms with E-state index in [0.717, 1.165) is 5.56 Å². The molecule has 2 rings (SSSR count). The van der Waals surface area contributed by atoms with E-state index in [0.29, 0.717) is 23.6 Å². The van der Waals surface area contributed by atoms with Gasteiger partial charge in [0.2, 0.25) is 0 Å². The average Bonchev–Trinajstić information content (AvgIpc) is 2.19. The molecule has 0 saturated carbocycles. The molecule has 0 amide bonds. The molecule has 3 N–H and O–H groups in total. The van der Waals surface area contributed by atoms with Gasteiger partial charge in [-0.05, 0) is 6.92 Å². The lowest BCUT2D eigenvalue weighted by atomic mass is 9.99. The lowest BCUT2D eigenvalue weighted by Gasteiger charge is -2.18. The van der Waals surface area contributed by atoms with E-state index in [-0.39, 0.29) is 6.04 Å². The Morgan fingerprint density at radius 2 is 2.06 bits per heavy atom. The molecule has 0 fully saturated rings. The summed E-state index contributed by atoms with van der Waals surface area (Å²) in [7, 11) is 1.94. The summed E-state index contributed by atoms with van der Waals surface area (Å²) in [4.78, 5) is 4.28. The highest BCUT2D eigenvalue weighted by Crippen LogP contribution is 2.24. The van der Waals surface area contributed by atoms with Crippen molar-refractivity contribution in [2.24, 2.45) is 17.8 Å². The molecule has 0 aliphatic carbocycles. The number of rotatable bonds is 1. The van der Waals surface area contributed by atoms with Gasteiger partial charge in [0.25, 0.3) is 0 Å². The number of hydrogen-bond acceptors (Lipinski definition) is 3. The van der Waals surface area contributed by atoms with E-state index in [9.17, 15) is 5.11 Å². The molecule has 2 heterocycles. The fraction of sp³-hybridized carbons (Fsp3) is 0.333. The van der Waals surface area contributed by atoms with Crippen molar-refractivity contribution in [2.45, 2.75) is 19.4 Å². The number of aliphatic imine (C=N–C) groups is 1. The Morgan fingerprint density at radius 1 is 1.44 bits per heavy atom. The van der Waals surface area contributed by atoms with Gasteiger partial charge < -0.3 is 10.8 Å². The summed E-state index contributed by atoms with van der Waals surface area (Å²) in [6.45, 7) is 1.94. The molecule has 16 heavy (non-hydrogen) atoms. The zero-order valence-electron chi connectivity index (χ0n) is 9.51. The van der Waals surface area contributed by atoms with Crippen LogP contribution in [-0.2, 0) is 7.05 Å². The topological polar surface area (TPSA) is 62.5 Å². The summed E-state index contributed by atoms with van der Waals surface area (Å²) in [5, 5.41) is 9.94. The van der Waals surface area contributed by atoms with E-state index >= 15 is 0 Å². The van der Waals surface area contributed by atoms with Gasteiger partial charge in [-0.25, -0.2) is 4.57 Å². The number of amidine groups is 1. The minimum Gasteiger partial charge on any atom is -0.511 e. The van der Waals surface area contributed by atoms with Gasteiger partial charge in [-0.2, -0.15) is 0 Å². The van der Waals surface area contributed by atoms with E-state index in [1.807, 2.05) is 43.1 Å². The summed E-state index contributed by atoms with van der Waals surface area (Å²) in [6.07, 6.45) is 4.39. The lowest BCUT2D eigenvalue weighted by Crippen LogP contribution is -2.27. The van der Waals surface area contributed by atoms with Crippen molar-refractivity contribution in [3.05, 3.63) is 35.8 Å². The van der Waals surface area contributed by atoms with Crippen LogP contribution in [-0.4, -0.2) is 17.0 Å². The third-order valence-electron chi connectivity index (χ3n) is 2.66. The Hall–Kier alpha value is -1.84. The third-order valence-corrected chi connectivity index (χ3v) is 2.66. The van der Waals surface area contributed by atoms with Crippen LogP contribution in [0.2, 0.25) is 0 Å². The second kappa shape index (κ2) is 3.96. The number of aliphatic hydroxyl groups excluding tert-OH is 1. The van der Waals surface area contributed by atoms with Gasteiger partial charge in [0.15, 0.2) is 12.4 Å². The molecule has 0 spiro atoms. The summed E-state index contributed by atoms with van der Waals surface area (Å²) in [5.74, 6) is 0.749. The number of dihydropyridines is 1. The zero-order chi connectivity index (χ0) is 11.7. The standard InChI is InChI=1S/C12H15N3O/c1-8-7-10(16)11(12(13)14-8)9-3-5-15(2)6-4-9/h3-6,8H,7H2,1-2H3,(H2,13,14)/p+1. The zero-order valence-corrected chi connectivity index (χ0v) is 9.51. The second-order valence-electron chi connectivity index (χ2n) is 4.14. The van der Waals surface area contributed by atoms with Crippen molar-refractivity contribution in [2.75, 3.05) is 0 Å². The molecule has 1 aliphatic rings. The van der Waals surface area contributed by atoms with Crippen LogP contribution < -0.4 is 10.3 Å². The largest absolute Gasteiger partial charge is 0.511 e. The number of aromatic nitrogens is 1. The van der Waals surface area contributed by atoms with E-state index in [1.165, 1.54) is 0 Å². The summed E-state index contributed by atoms with van der Waals surface area (Å²) >= 11 is 0. The highest BCUT2D eigenvalue weighted by Gasteiger charge is 2.20. The molecule has 4 heteroatoms. The predicted octanol–water partition coefficient (Wildman–Crippen LogP) is 0.930.